The number of nitrogens with two attached hydrogens (primary N) is 1. The van der Waals surface area contributed by atoms with Gasteiger partial charge in [0.05, 0.1) is 29.2 Å². The molecule has 9 heteroatoms. The zero-order valence-corrected chi connectivity index (χ0v) is 20.6. The van der Waals surface area contributed by atoms with Crippen LogP contribution >= 0.6 is 23.2 Å². The van der Waals surface area contributed by atoms with Crippen molar-refractivity contribution >= 4 is 57.2 Å². The van der Waals surface area contributed by atoms with Gasteiger partial charge in [-0.05, 0) is 53.6 Å². The van der Waals surface area contributed by atoms with Gasteiger partial charge >= 0.3 is 0 Å². The summed E-state index contributed by atoms with van der Waals surface area (Å²) in [6, 6.07) is 17.6. The van der Waals surface area contributed by atoms with Crippen molar-refractivity contribution in [1.29, 1.82) is 0 Å². The summed E-state index contributed by atoms with van der Waals surface area (Å²) in [5.41, 5.74) is 10.2. The molecule has 0 saturated heterocycles. The number of amides is 1. The second kappa shape index (κ2) is 9.53. The first-order valence-corrected chi connectivity index (χ1v) is 11.7. The lowest BCUT2D eigenvalue weighted by molar-refractivity contribution is -0.115. The monoisotopic (exact) mass is 518 g/mol. The van der Waals surface area contributed by atoms with E-state index < -0.39 is 5.78 Å². The molecule has 5 aromatic rings. The Morgan fingerprint density at radius 3 is 2.61 bits per heavy atom. The third-order valence-corrected chi connectivity index (χ3v) is 6.24. The molecule has 7 nitrogen and oxygen atoms in total. The van der Waals surface area contributed by atoms with Gasteiger partial charge in [0.1, 0.15) is 5.58 Å². The molecule has 0 spiro atoms. The molecule has 1 amide bonds. The van der Waals surface area contributed by atoms with E-state index in [0.717, 1.165) is 11.1 Å². The summed E-state index contributed by atoms with van der Waals surface area (Å²) >= 11 is 12.1. The lowest BCUT2D eigenvalue weighted by Gasteiger charge is -2.07. The molecule has 2 aromatic heterocycles. The number of anilines is 2. The van der Waals surface area contributed by atoms with Crippen LogP contribution in [0.3, 0.4) is 0 Å². The first-order chi connectivity index (χ1) is 17.3. The van der Waals surface area contributed by atoms with Gasteiger partial charge in [0.25, 0.3) is 0 Å². The summed E-state index contributed by atoms with van der Waals surface area (Å²) in [6.07, 6.45) is 3.64. The highest BCUT2D eigenvalue weighted by atomic mass is 35.5. The number of fused-ring (bicyclic) bond motifs is 1. The van der Waals surface area contributed by atoms with Gasteiger partial charge in [0, 0.05) is 34.9 Å². The van der Waals surface area contributed by atoms with Crippen molar-refractivity contribution in [3.63, 3.8) is 0 Å². The molecule has 3 aromatic carbocycles. The topological polar surface area (TPSA) is 103 Å². The first kappa shape index (κ1) is 23.7. The van der Waals surface area contributed by atoms with Gasteiger partial charge in [-0.25, -0.2) is 4.98 Å². The second-order valence-electron chi connectivity index (χ2n) is 8.35. The summed E-state index contributed by atoms with van der Waals surface area (Å²) in [4.78, 5) is 29.7. The van der Waals surface area contributed by atoms with Crippen LogP contribution in [0.5, 0.6) is 0 Å². The van der Waals surface area contributed by atoms with Crippen LogP contribution in [0.4, 0.5) is 11.4 Å². The average molecular weight is 519 g/mol. The summed E-state index contributed by atoms with van der Waals surface area (Å²) in [5.74, 6) is -0.574. The molecule has 2 heterocycles. The number of hydrogen-bond acceptors (Lipinski definition) is 5. The van der Waals surface area contributed by atoms with E-state index in [-0.39, 0.29) is 34.4 Å². The molecule has 0 atom stereocenters. The molecule has 0 aliphatic rings. The van der Waals surface area contributed by atoms with Gasteiger partial charge in [0.2, 0.25) is 11.7 Å². The Hall–Kier alpha value is -4.07. The summed E-state index contributed by atoms with van der Waals surface area (Å²) in [7, 11) is 1.85. The number of nitrogens with zero attached hydrogens (tertiary/aromatic N) is 2. The van der Waals surface area contributed by atoms with E-state index in [0.29, 0.717) is 27.4 Å². The summed E-state index contributed by atoms with van der Waals surface area (Å²) < 4.78 is 7.68. The minimum Gasteiger partial charge on any atom is -0.450 e. The Morgan fingerprint density at radius 2 is 1.86 bits per heavy atom. The molecule has 180 valence electrons. The molecule has 0 aliphatic carbocycles. The van der Waals surface area contributed by atoms with Crippen molar-refractivity contribution in [1.82, 2.24) is 9.55 Å². The number of carbonyl (C=O) groups excluding carboxylic acids is 2. The van der Waals surface area contributed by atoms with Gasteiger partial charge in [-0.3, -0.25) is 9.59 Å². The van der Waals surface area contributed by atoms with E-state index in [9.17, 15) is 9.59 Å². The normalized spacial score (nSPS) is 11.1. The SMILES string of the molecule is Cn1cnc(CC(=O)Nc2cccc(-c3ccc4c(N)c(C(=O)c5ccc(Cl)cc5Cl)oc4c3)c2)c1. The number of nitrogens with one attached hydrogen (secondary N) is 1. The maximum absolute atomic E-state index is 13.1. The molecular formula is C27H20Cl2N4O3. The second-order valence-corrected chi connectivity index (χ2v) is 9.19. The zero-order valence-electron chi connectivity index (χ0n) is 19.1. The van der Waals surface area contributed by atoms with Crippen LogP contribution in [0.15, 0.2) is 77.6 Å². The molecule has 0 unspecified atom stereocenters. The highest BCUT2D eigenvalue weighted by Crippen LogP contribution is 2.35. The van der Waals surface area contributed by atoms with Crippen molar-refractivity contribution < 1.29 is 14.0 Å². The average Bonchev–Trinajstić information content (AvgIpc) is 3.40. The van der Waals surface area contributed by atoms with E-state index in [1.807, 2.05) is 37.4 Å². The molecule has 0 radical (unpaired) electrons. The first-order valence-electron chi connectivity index (χ1n) is 11.0. The quantitative estimate of drug-likeness (QED) is 0.263. The van der Waals surface area contributed by atoms with Crippen LogP contribution in [-0.2, 0) is 18.3 Å². The van der Waals surface area contributed by atoms with E-state index >= 15 is 0 Å². The van der Waals surface area contributed by atoms with Crippen molar-refractivity contribution in [3.8, 4) is 11.1 Å². The van der Waals surface area contributed by atoms with Crippen LogP contribution in [-0.4, -0.2) is 21.2 Å². The molecule has 0 bridgehead atoms. The Morgan fingerprint density at radius 1 is 1.06 bits per heavy atom. The minimum atomic E-state index is -0.426. The number of benzene rings is 3. The van der Waals surface area contributed by atoms with Gasteiger partial charge in [0.15, 0.2) is 5.76 Å². The zero-order chi connectivity index (χ0) is 25.4. The van der Waals surface area contributed by atoms with Crippen LogP contribution in [0.25, 0.3) is 22.1 Å². The third kappa shape index (κ3) is 4.71. The van der Waals surface area contributed by atoms with Crippen LogP contribution in [0.1, 0.15) is 21.8 Å². The van der Waals surface area contributed by atoms with Crippen molar-refractivity contribution in [2.45, 2.75) is 6.42 Å². The predicted octanol–water partition coefficient (Wildman–Crippen LogP) is 6.13. The van der Waals surface area contributed by atoms with E-state index in [1.165, 1.54) is 6.07 Å². The number of imidazole rings is 1. The number of rotatable bonds is 6. The summed E-state index contributed by atoms with van der Waals surface area (Å²) in [6.45, 7) is 0. The van der Waals surface area contributed by atoms with Crippen molar-refractivity contribution in [3.05, 3.63) is 100 Å². The van der Waals surface area contributed by atoms with Crippen molar-refractivity contribution in [2.75, 3.05) is 11.1 Å². The molecule has 5 rings (SSSR count). The number of carbonyl (C=O) groups is 2. The number of ketones is 1. The molecule has 36 heavy (non-hydrogen) atoms. The Bertz CT molecular complexity index is 1640. The fraction of sp³-hybridized carbons (Fsp3) is 0.0741. The number of aromatic nitrogens is 2. The van der Waals surface area contributed by atoms with Crippen molar-refractivity contribution in [2.24, 2.45) is 7.05 Å². The van der Waals surface area contributed by atoms with Crippen LogP contribution < -0.4 is 11.1 Å². The lowest BCUT2D eigenvalue weighted by Crippen LogP contribution is -2.14. The van der Waals surface area contributed by atoms with Gasteiger partial charge in [-0.2, -0.15) is 0 Å². The maximum Gasteiger partial charge on any atom is 0.231 e. The number of nitrogen functional groups attached to an aromatic ring is 1. The van der Waals surface area contributed by atoms with Gasteiger partial charge in [-0.1, -0.05) is 41.4 Å². The Balaban J connectivity index is 1.41. The largest absolute Gasteiger partial charge is 0.450 e. The molecule has 3 N–H and O–H groups in total. The summed E-state index contributed by atoms with van der Waals surface area (Å²) in [5, 5.41) is 4.16. The van der Waals surface area contributed by atoms with Gasteiger partial charge in [-0.15, -0.1) is 0 Å². The number of aryl methyl sites for hydroxylation is 1. The van der Waals surface area contributed by atoms with Gasteiger partial charge < -0.3 is 20.0 Å². The number of halogens is 2. The Labute approximate surface area is 216 Å². The molecule has 0 saturated carbocycles. The highest BCUT2D eigenvalue weighted by molar-refractivity contribution is 6.37. The fourth-order valence-electron chi connectivity index (χ4n) is 3.97. The molecule has 0 fully saturated rings. The predicted molar refractivity (Wildman–Crippen MR) is 141 cm³/mol. The smallest absolute Gasteiger partial charge is 0.231 e. The number of hydrogen-bond donors (Lipinski definition) is 2. The van der Waals surface area contributed by atoms with E-state index in [1.54, 1.807) is 41.4 Å². The Kier molecular flexibility index (Phi) is 6.26. The minimum absolute atomic E-state index is 0.0157. The number of furan rings is 1. The van der Waals surface area contributed by atoms with Crippen LogP contribution in [0, 0.1) is 0 Å². The molecule has 0 aliphatic heterocycles. The third-order valence-electron chi connectivity index (χ3n) is 5.69. The molecular weight excluding hydrogens is 499 g/mol. The lowest BCUT2D eigenvalue weighted by atomic mass is 10.0. The highest BCUT2D eigenvalue weighted by Gasteiger charge is 2.22. The fourth-order valence-corrected chi connectivity index (χ4v) is 4.46. The van der Waals surface area contributed by atoms with Crippen LogP contribution in [0.2, 0.25) is 10.0 Å². The maximum atomic E-state index is 13.1. The van der Waals surface area contributed by atoms with E-state index in [4.69, 9.17) is 33.4 Å². The van der Waals surface area contributed by atoms with E-state index in [2.05, 4.69) is 10.3 Å². The standard InChI is InChI=1S/C27H20Cl2N4O3/c1-33-13-19(31-14-33)12-24(34)32-18-4-2-3-15(9-18)16-5-7-21-23(10-16)36-27(25(21)30)26(35)20-8-6-17(28)11-22(20)29/h2-11,13-14H,12,30H2,1H3,(H,32,34).